The van der Waals surface area contributed by atoms with Gasteiger partial charge in [0.15, 0.2) is 0 Å². The van der Waals surface area contributed by atoms with Crippen molar-refractivity contribution in [3.63, 3.8) is 0 Å². The first-order valence-corrected chi connectivity index (χ1v) is 6.53. The molecular formula is C10H17N3O2S. The number of nitrogens with one attached hydrogen (secondary N) is 2. The Balaban J connectivity index is 2.72. The molecule has 4 N–H and O–H groups in total. The molecule has 1 aromatic carbocycles. The van der Waals surface area contributed by atoms with E-state index in [0.717, 1.165) is 11.1 Å². The van der Waals surface area contributed by atoms with E-state index in [1.807, 2.05) is 13.0 Å². The molecule has 0 atom stereocenters. The summed E-state index contributed by atoms with van der Waals surface area (Å²) in [5.74, 6) is 0. The molecule has 5 nitrogen and oxygen atoms in total. The lowest BCUT2D eigenvalue weighted by molar-refractivity contribution is 0.568. The standard InChI is InChI=1S/C10H17N3O2S/c1-3-12-16(14,15)13-7-9-5-4-6-10(11)8(9)2/h4-6,12-13H,3,7,11H2,1-2H3. The molecule has 0 radical (unpaired) electrons. The van der Waals surface area contributed by atoms with Crippen LogP contribution in [0.4, 0.5) is 5.69 Å². The van der Waals surface area contributed by atoms with Crippen LogP contribution in [0.3, 0.4) is 0 Å². The summed E-state index contributed by atoms with van der Waals surface area (Å²) < 4.78 is 27.5. The van der Waals surface area contributed by atoms with Gasteiger partial charge in [-0.25, -0.2) is 4.72 Å². The topological polar surface area (TPSA) is 84.2 Å². The fourth-order valence-corrected chi connectivity index (χ4v) is 2.14. The van der Waals surface area contributed by atoms with E-state index in [2.05, 4.69) is 9.44 Å². The molecule has 0 fully saturated rings. The van der Waals surface area contributed by atoms with Crippen molar-refractivity contribution in [2.45, 2.75) is 20.4 Å². The van der Waals surface area contributed by atoms with Crippen LogP contribution in [0.25, 0.3) is 0 Å². The van der Waals surface area contributed by atoms with Gasteiger partial charge in [-0.3, -0.25) is 0 Å². The van der Waals surface area contributed by atoms with Gasteiger partial charge in [-0.05, 0) is 24.1 Å². The van der Waals surface area contributed by atoms with Crippen molar-refractivity contribution in [2.24, 2.45) is 0 Å². The molecule has 0 heterocycles. The number of hydrogen-bond donors (Lipinski definition) is 3. The third-order valence-electron chi connectivity index (χ3n) is 2.27. The maximum atomic E-state index is 11.3. The number of anilines is 1. The maximum Gasteiger partial charge on any atom is 0.277 e. The molecule has 0 spiro atoms. The van der Waals surface area contributed by atoms with Crippen molar-refractivity contribution in [2.75, 3.05) is 12.3 Å². The van der Waals surface area contributed by atoms with E-state index in [4.69, 9.17) is 5.73 Å². The van der Waals surface area contributed by atoms with Crippen molar-refractivity contribution < 1.29 is 8.42 Å². The van der Waals surface area contributed by atoms with Gasteiger partial charge in [0, 0.05) is 18.8 Å². The summed E-state index contributed by atoms with van der Waals surface area (Å²) in [6.07, 6.45) is 0. The van der Waals surface area contributed by atoms with Gasteiger partial charge in [0.2, 0.25) is 0 Å². The lowest BCUT2D eigenvalue weighted by atomic mass is 10.1. The van der Waals surface area contributed by atoms with E-state index in [0.29, 0.717) is 12.2 Å². The highest BCUT2D eigenvalue weighted by atomic mass is 32.2. The normalized spacial score (nSPS) is 11.6. The maximum absolute atomic E-state index is 11.3. The first-order chi connectivity index (χ1) is 7.46. The van der Waals surface area contributed by atoms with Crippen LogP contribution in [-0.2, 0) is 16.8 Å². The van der Waals surface area contributed by atoms with Gasteiger partial charge in [-0.15, -0.1) is 0 Å². The van der Waals surface area contributed by atoms with Crippen LogP contribution in [0.2, 0.25) is 0 Å². The van der Waals surface area contributed by atoms with E-state index in [1.165, 1.54) is 0 Å². The van der Waals surface area contributed by atoms with E-state index >= 15 is 0 Å². The van der Waals surface area contributed by atoms with Crippen LogP contribution >= 0.6 is 0 Å². The van der Waals surface area contributed by atoms with Gasteiger partial charge in [-0.2, -0.15) is 13.1 Å². The summed E-state index contributed by atoms with van der Waals surface area (Å²) in [4.78, 5) is 0. The fourth-order valence-electron chi connectivity index (χ4n) is 1.31. The molecule has 0 amide bonds. The lowest BCUT2D eigenvalue weighted by Gasteiger charge is -2.10. The molecule has 16 heavy (non-hydrogen) atoms. The molecule has 0 saturated heterocycles. The Bertz CT molecular complexity index is 457. The molecule has 6 heteroatoms. The summed E-state index contributed by atoms with van der Waals surface area (Å²) in [5.41, 5.74) is 8.17. The zero-order chi connectivity index (χ0) is 12.2. The predicted molar refractivity (Wildman–Crippen MR) is 65.0 cm³/mol. The Hall–Kier alpha value is -1.11. The van der Waals surface area contributed by atoms with Crippen LogP contribution < -0.4 is 15.2 Å². The molecule has 0 saturated carbocycles. The molecule has 1 rings (SSSR count). The van der Waals surface area contributed by atoms with Gasteiger partial charge in [0.1, 0.15) is 0 Å². The van der Waals surface area contributed by atoms with Crippen molar-refractivity contribution in [3.05, 3.63) is 29.3 Å². The van der Waals surface area contributed by atoms with Crippen molar-refractivity contribution in [1.29, 1.82) is 0 Å². The predicted octanol–water partition coefficient (Wildman–Crippen LogP) is 0.521. The zero-order valence-corrected chi connectivity index (χ0v) is 10.3. The van der Waals surface area contributed by atoms with Crippen LogP contribution in [0, 0.1) is 6.92 Å². The Kier molecular flexibility index (Phi) is 4.28. The Morgan fingerprint density at radius 3 is 2.62 bits per heavy atom. The smallest absolute Gasteiger partial charge is 0.277 e. The fraction of sp³-hybridized carbons (Fsp3) is 0.400. The van der Waals surface area contributed by atoms with Crippen molar-refractivity contribution >= 4 is 15.9 Å². The molecule has 1 aromatic rings. The summed E-state index contributed by atoms with van der Waals surface area (Å²) in [6.45, 7) is 4.20. The largest absolute Gasteiger partial charge is 0.399 e. The molecule has 0 aromatic heterocycles. The summed E-state index contributed by atoms with van der Waals surface area (Å²) in [5, 5.41) is 0. The summed E-state index contributed by atoms with van der Waals surface area (Å²) in [7, 11) is -3.40. The molecular weight excluding hydrogens is 226 g/mol. The number of hydrogen-bond acceptors (Lipinski definition) is 3. The van der Waals surface area contributed by atoms with E-state index in [9.17, 15) is 8.42 Å². The quantitative estimate of drug-likeness (QED) is 0.659. The Labute approximate surface area is 96.2 Å². The SMILES string of the molecule is CCNS(=O)(=O)NCc1cccc(N)c1C. The highest BCUT2D eigenvalue weighted by Crippen LogP contribution is 2.15. The van der Waals surface area contributed by atoms with Crippen molar-refractivity contribution in [3.8, 4) is 0 Å². The van der Waals surface area contributed by atoms with Gasteiger partial charge in [-0.1, -0.05) is 19.1 Å². The third kappa shape index (κ3) is 3.48. The highest BCUT2D eigenvalue weighted by Gasteiger charge is 2.08. The summed E-state index contributed by atoms with van der Waals surface area (Å²) >= 11 is 0. The number of nitrogen functional groups attached to an aromatic ring is 1. The monoisotopic (exact) mass is 243 g/mol. The molecule has 0 aliphatic rings. The minimum atomic E-state index is -3.40. The molecule has 0 unspecified atom stereocenters. The average Bonchev–Trinajstić information content (AvgIpc) is 2.20. The second-order valence-electron chi connectivity index (χ2n) is 3.45. The average molecular weight is 243 g/mol. The molecule has 0 aliphatic carbocycles. The van der Waals surface area contributed by atoms with Crippen LogP contribution in [0.15, 0.2) is 18.2 Å². The molecule has 0 bridgehead atoms. The second kappa shape index (κ2) is 5.29. The van der Waals surface area contributed by atoms with Gasteiger partial charge in [0.25, 0.3) is 10.2 Å². The first kappa shape index (κ1) is 13.0. The van der Waals surface area contributed by atoms with E-state index in [-0.39, 0.29) is 6.54 Å². The minimum Gasteiger partial charge on any atom is -0.399 e. The Morgan fingerprint density at radius 1 is 1.31 bits per heavy atom. The second-order valence-corrected chi connectivity index (χ2v) is 5.04. The van der Waals surface area contributed by atoms with Crippen LogP contribution in [0.1, 0.15) is 18.1 Å². The van der Waals surface area contributed by atoms with Gasteiger partial charge >= 0.3 is 0 Å². The third-order valence-corrected chi connectivity index (χ3v) is 3.47. The van der Waals surface area contributed by atoms with Crippen LogP contribution in [-0.4, -0.2) is 15.0 Å². The molecule has 0 aliphatic heterocycles. The summed E-state index contributed by atoms with van der Waals surface area (Å²) in [6, 6.07) is 5.44. The number of rotatable bonds is 5. The Morgan fingerprint density at radius 2 is 2.00 bits per heavy atom. The van der Waals surface area contributed by atoms with E-state index < -0.39 is 10.2 Å². The first-order valence-electron chi connectivity index (χ1n) is 5.04. The zero-order valence-electron chi connectivity index (χ0n) is 9.45. The minimum absolute atomic E-state index is 0.242. The highest BCUT2D eigenvalue weighted by molar-refractivity contribution is 7.87. The van der Waals surface area contributed by atoms with Gasteiger partial charge in [0.05, 0.1) is 0 Å². The van der Waals surface area contributed by atoms with E-state index in [1.54, 1.807) is 19.1 Å². The van der Waals surface area contributed by atoms with Crippen molar-refractivity contribution in [1.82, 2.24) is 9.44 Å². The van der Waals surface area contributed by atoms with Gasteiger partial charge < -0.3 is 5.73 Å². The lowest BCUT2D eigenvalue weighted by Crippen LogP contribution is -2.36. The number of benzene rings is 1. The molecule has 90 valence electrons. The van der Waals surface area contributed by atoms with Crippen LogP contribution in [0.5, 0.6) is 0 Å². The number of nitrogens with two attached hydrogens (primary N) is 1.